The Morgan fingerprint density at radius 2 is 1.70 bits per heavy atom. The number of nitrogens with one attached hydrogen (secondary N) is 2. The summed E-state index contributed by atoms with van der Waals surface area (Å²) in [6.45, 7) is 11.7. The number of fused-ring (bicyclic) bond motifs is 1. The van der Waals surface area contributed by atoms with E-state index in [4.69, 9.17) is 14.2 Å². The fraction of sp³-hybridized carbons (Fsp3) is 0.545. The molecule has 2 aromatic rings. The number of urea groups is 1. The summed E-state index contributed by atoms with van der Waals surface area (Å²) in [7, 11) is 1.62. The minimum absolute atomic E-state index is 0.0103. The Bertz CT molecular complexity index is 1370. The summed E-state index contributed by atoms with van der Waals surface area (Å²) in [4.78, 5) is 42.1. The second-order valence-corrected chi connectivity index (χ2v) is 13.0. The first-order chi connectivity index (χ1) is 20.4. The summed E-state index contributed by atoms with van der Waals surface area (Å²) in [5.74, 6) is 1.52. The molecule has 2 heterocycles. The van der Waals surface area contributed by atoms with Crippen molar-refractivity contribution < 1.29 is 28.6 Å². The van der Waals surface area contributed by atoms with Crippen molar-refractivity contribution in [2.75, 3.05) is 37.4 Å². The SMILES string of the molecule is COc1cc(NC(=O)C2CCC(N3Cc4c(C)ccc(OCC5CN(C(=O)OC(C)(C)C)C5)c4NC3=O)CC2)ccc1C. The first-order valence-corrected chi connectivity index (χ1v) is 15.2. The summed E-state index contributed by atoms with van der Waals surface area (Å²) >= 11 is 0. The van der Waals surface area contributed by atoms with Crippen molar-refractivity contribution in [3.8, 4) is 11.5 Å². The number of likely N-dealkylation sites (tertiary alicyclic amines) is 1. The topological polar surface area (TPSA) is 109 Å². The molecule has 1 saturated heterocycles. The Balaban J connectivity index is 1.14. The number of carbonyl (C=O) groups excluding carboxylic acids is 3. The Hall–Kier alpha value is -3.95. The van der Waals surface area contributed by atoms with Gasteiger partial charge in [-0.3, -0.25) is 4.79 Å². The molecule has 4 amide bonds. The van der Waals surface area contributed by atoms with E-state index in [2.05, 4.69) is 10.6 Å². The van der Waals surface area contributed by atoms with Crippen LogP contribution in [0.2, 0.25) is 0 Å². The van der Waals surface area contributed by atoms with E-state index >= 15 is 0 Å². The number of amides is 4. The number of hydrogen-bond acceptors (Lipinski definition) is 6. The lowest BCUT2D eigenvalue weighted by molar-refractivity contribution is -0.121. The Morgan fingerprint density at radius 1 is 1.00 bits per heavy atom. The highest BCUT2D eigenvalue weighted by Gasteiger charge is 2.37. The molecule has 0 spiro atoms. The first kappa shape index (κ1) is 30.5. The zero-order chi connectivity index (χ0) is 30.9. The van der Waals surface area contributed by atoms with Gasteiger partial charge in [0.15, 0.2) is 0 Å². The monoisotopic (exact) mass is 592 g/mol. The fourth-order valence-electron chi connectivity index (χ4n) is 6.06. The highest BCUT2D eigenvalue weighted by molar-refractivity contribution is 5.95. The van der Waals surface area contributed by atoms with Gasteiger partial charge in [-0.25, -0.2) is 9.59 Å². The van der Waals surface area contributed by atoms with Gasteiger partial charge < -0.3 is 34.6 Å². The van der Waals surface area contributed by atoms with Crippen LogP contribution in [0.1, 0.15) is 63.1 Å². The molecule has 0 atom stereocenters. The molecule has 2 N–H and O–H groups in total. The largest absolute Gasteiger partial charge is 0.496 e. The molecule has 2 aromatic carbocycles. The van der Waals surface area contributed by atoms with Crippen LogP contribution in [0.4, 0.5) is 21.0 Å². The lowest BCUT2D eigenvalue weighted by Crippen LogP contribution is -2.53. The smallest absolute Gasteiger partial charge is 0.410 e. The van der Waals surface area contributed by atoms with E-state index in [1.807, 2.05) is 69.9 Å². The predicted octanol–water partition coefficient (Wildman–Crippen LogP) is 6.10. The molecule has 0 aromatic heterocycles. The summed E-state index contributed by atoms with van der Waals surface area (Å²) < 4.78 is 17.0. The van der Waals surface area contributed by atoms with Gasteiger partial charge in [-0.15, -0.1) is 0 Å². The van der Waals surface area contributed by atoms with Crippen LogP contribution in [-0.4, -0.2) is 66.3 Å². The average Bonchev–Trinajstić information content (AvgIpc) is 2.93. The number of benzene rings is 2. The third-order valence-corrected chi connectivity index (χ3v) is 8.60. The molecule has 10 nitrogen and oxygen atoms in total. The Kier molecular flexibility index (Phi) is 8.76. The minimum Gasteiger partial charge on any atom is -0.496 e. The van der Waals surface area contributed by atoms with Gasteiger partial charge in [0.05, 0.1) is 25.9 Å². The molecule has 0 unspecified atom stereocenters. The molecular weight excluding hydrogens is 548 g/mol. The van der Waals surface area contributed by atoms with E-state index in [0.717, 1.165) is 59.5 Å². The maximum Gasteiger partial charge on any atom is 0.410 e. The summed E-state index contributed by atoms with van der Waals surface area (Å²) in [6, 6.07) is 9.53. The molecule has 0 radical (unpaired) electrons. The molecule has 0 bridgehead atoms. The van der Waals surface area contributed by atoms with Crippen LogP contribution < -0.4 is 20.1 Å². The van der Waals surface area contributed by atoms with Crippen LogP contribution in [0.3, 0.4) is 0 Å². The molecule has 1 aliphatic carbocycles. The van der Waals surface area contributed by atoms with Gasteiger partial charge in [-0.05, 0) is 83.6 Å². The summed E-state index contributed by atoms with van der Waals surface area (Å²) in [6.07, 6.45) is 2.68. The van der Waals surface area contributed by atoms with Crippen LogP contribution in [0.25, 0.3) is 0 Å². The van der Waals surface area contributed by atoms with Crippen LogP contribution >= 0.6 is 0 Å². The Labute approximate surface area is 254 Å². The maximum atomic E-state index is 13.3. The number of methoxy groups -OCH3 is 1. The lowest BCUT2D eigenvalue weighted by Gasteiger charge is -2.41. The van der Waals surface area contributed by atoms with Gasteiger partial charge in [-0.2, -0.15) is 0 Å². The highest BCUT2D eigenvalue weighted by Crippen LogP contribution is 2.39. The van der Waals surface area contributed by atoms with E-state index in [-0.39, 0.29) is 35.9 Å². The van der Waals surface area contributed by atoms with Crippen molar-refractivity contribution >= 4 is 29.4 Å². The molecule has 3 aliphatic rings. The van der Waals surface area contributed by atoms with E-state index in [0.29, 0.717) is 32.0 Å². The average molecular weight is 593 g/mol. The lowest BCUT2D eigenvalue weighted by atomic mass is 9.84. The standard InChI is InChI=1S/C33H44N4O6/c1-20-8-14-27(42-19-22-16-36(17-22)32(40)43-33(3,4)5)29-26(20)18-37(31(39)35-29)25-12-9-23(10-13-25)30(38)34-24-11-7-21(2)28(15-24)41-6/h7-8,11,14-15,22-23,25H,9-10,12-13,16-19H2,1-6H3,(H,34,38)(H,35,39). The zero-order valence-corrected chi connectivity index (χ0v) is 26.1. The van der Waals surface area contributed by atoms with Crippen molar-refractivity contribution in [3.05, 3.63) is 47.0 Å². The zero-order valence-electron chi connectivity index (χ0n) is 26.1. The number of carbonyl (C=O) groups is 3. The number of nitrogens with zero attached hydrogens (tertiary/aromatic N) is 2. The Morgan fingerprint density at radius 3 is 2.37 bits per heavy atom. The van der Waals surface area contributed by atoms with Gasteiger partial charge in [0.1, 0.15) is 17.1 Å². The molecule has 43 heavy (non-hydrogen) atoms. The second kappa shape index (κ2) is 12.3. The van der Waals surface area contributed by atoms with Gasteiger partial charge in [-0.1, -0.05) is 12.1 Å². The molecule has 1 saturated carbocycles. The van der Waals surface area contributed by atoms with E-state index < -0.39 is 5.60 Å². The minimum atomic E-state index is -0.517. The van der Waals surface area contributed by atoms with Crippen molar-refractivity contribution in [1.29, 1.82) is 0 Å². The van der Waals surface area contributed by atoms with Crippen molar-refractivity contribution in [1.82, 2.24) is 9.80 Å². The van der Waals surface area contributed by atoms with Gasteiger partial charge in [0.2, 0.25) is 5.91 Å². The summed E-state index contributed by atoms with van der Waals surface area (Å²) in [5.41, 5.74) is 4.10. The molecule has 2 aliphatic heterocycles. The van der Waals surface area contributed by atoms with Gasteiger partial charge in [0.25, 0.3) is 0 Å². The van der Waals surface area contributed by atoms with Crippen molar-refractivity contribution in [3.63, 3.8) is 0 Å². The molecular formula is C33H44N4O6. The molecule has 232 valence electrons. The van der Waals surface area contributed by atoms with Gasteiger partial charge >= 0.3 is 12.1 Å². The van der Waals surface area contributed by atoms with E-state index in [9.17, 15) is 14.4 Å². The van der Waals surface area contributed by atoms with E-state index in [1.54, 1.807) is 12.0 Å². The van der Waals surface area contributed by atoms with Crippen LogP contribution in [-0.2, 0) is 16.1 Å². The fourth-order valence-corrected chi connectivity index (χ4v) is 6.06. The predicted molar refractivity (Wildman–Crippen MR) is 165 cm³/mol. The first-order valence-electron chi connectivity index (χ1n) is 15.2. The van der Waals surface area contributed by atoms with Crippen LogP contribution in [0, 0.1) is 25.7 Å². The van der Waals surface area contributed by atoms with Crippen molar-refractivity contribution in [2.24, 2.45) is 11.8 Å². The number of aryl methyl sites for hydroxylation is 2. The quantitative estimate of drug-likeness (QED) is 0.402. The third kappa shape index (κ3) is 7.00. The third-order valence-electron chi connectivity index (χ3n) is 8.60. The van der Waals surface area contributed by atoms with E-state index in [1.165, 1.54) is 0 Å². The number of ether oxygens (including phenoxy) is 3. The highest BCUT2D eigenvalue weighted by atomic mass is 16.6. The normalized spacial score (nSPS) is 20.5. The van der Waals surface area contributed by atoms with Gasteiger partial charge in [0, 0.05) is 48.3 Å². The molecule has 10 heteroatoms. The van der Waals surface area contributed by atoms with Crippen molar-refractivity contribution in [2.45, 2.75) is 78.5 Å². The summed E-state index contributed by atoms with van der Waals surface area (Å²) in [5, 5.41) is 6.13. The molecule has 2 fully saturated rings. The maximum absolute atomic E-state index is 13.3. The number of rotatable bonds is 7. The van der Waals surface area contributed by atoms with Crippen LogP contribution in [0.15, 0.2) is 30.3 Å². The van der Waals surface area contributed by atoms with Crippen LogP contribution in [0.5, 0.6) is 11.5 Å². The number of anilines is 2. The number of hydrogen-bond donors (Lipinski definition) is 2. The second-order valence-electron chi connectivity index (χ2n) is 13.0. The molecule has 5 rings (SSSR count).